The van der Waals surface area contributed by atoms with E-state index in [0.717, 1.165) is 9.87 Å². The lowest BCUT2D eigenvalue weighted by Crippen LogP contribution is -2.23. The van der Waals surface area contributed by atoms with E-state index in [1.807, 2.05) is 0 Å². The minimum atomic E-state index is -3.75. The highest BCUT2D eigenvalue weighted by Crippen LogP contribution is 2.30. The van der Waals surface area contributed by atoms with Crippen molar-refractivity contribution < 1.29 is 22.7 Å². The van der Waals surface area contributed by atoms with Gasteiger partial charge in [-0.2, -0.15) is 0 Å². The average Bonchev–Trinajstić information content (AvgIpc) is 2.68. The Kier molecular flexibility index (Phi) is 5.90. The largest absolute Gasteiger partial charge is 0.492 e. The Morgan fingerprint density at radius 1 is 1.17 bits per heavy atom. The van der Waals surface area contributed by atoms with Gasteiger partial charge < -0.3 is 15.4 Å². The minimum Gasteiger partial charge on any atom is -0.492 e. The molecule has 1 aliphatic heterocycles. The molecule has 0 aromatic heterocycles. The van der Waals surface area contributed by atoms with Crippen LogP contribution in [0.15, 0.2) is 41.3 Å². The number of hydrogen-bond donors (Lipinski definition) is 2. The number of aryl methyl sites for hydroxylation is 1. The van der Waals surface area contributed by atoms with Crippen LogP contribution in [0.3, 0.4) is 0 Å². The number of hydrogen-bond acceptors (Lipinski definition) is 5. The molecule has 3 rings (SSSR count). The summed E-state index contributed by atoms with van der Waals surface area (Å²) in [6.45, 7) is 2.08. The Labute approximate surface area is 169 Å². The number of benzene rings is 2. The zero-order valence-electron chi connectivity index (χ0n) is 16.5. The van der Waals surface area contributed by atoms with E-state index in [1.54, 1.807) is 31.2 Å². The Morgan fingerprint density at radius 3 is 2.62 bits per heavy atom. The lowest BCUT2D eigenvalue weighted by Gasteiger charge is -2.18. The summed E-state index contributed by atoms with van der Waals surface area (Å²) in [4.78, 5) is 24.1. The Balaban J connectivity index is 1.88. The highest BCUT2D eigenvalue weighted by Gasteiger charge is 2.23. The van der Waals surface area contributed by atoms with Crippen LogP contribution >= 0.6 is 0 Å². The summed E-state index contributed by atoms with van der Waals surface area (Å²) in [6.07, 6.45) is 0.944. The third-order valence-electron chi connectivity index (χ3n) is 4.52. The normalized spacial score (nSPS) is 13.6. The number of nitrogens with zero attached hydrogens (tertiary/aromatic N) is 1. The van der Waals surface area contributed by atoms with Crippen LogP contribution in [0.25, 0.3) is 0 Å². The molecule has 2 amide bonds. The van der Waals surface area contributed by atoms with E-state index in [9.17, 15) is 18.0 Å². The van der Waals surface area contributed by atoms with E-state index in [0.29, 0.717) is 36.4 Å². The van der Waals surface area contributed by atoms with Crippen LogP contribution in [0.4, 0.5) is 11.4 Å². The average molecular weight is 417 g/mol. The number of sulfonamides is 1. The fourth-order valence-electron chi connectivity index (χ4n) is 2.99. The molecule has 0 radical (unpaired) electrons. The molecule has 0 bridgehead atoms. The Hall–Kier alpha value is -2.91. The van der Waals surface area contributed by atoms with Crippen LogP contribution in [0, 0.1) is 0 Å². The van der Waals surface area contributed by atoms with Gasteiger partial charge in [0.25, 0.3) is 5.91 Å². The first-order valence-corrected chi connectivity index (χ1v) is 10.6. The topological polar surface area (TPSA) is 105 Å². The number of fused-ring (bicyclic) bond motifs is 1. The van der Waals surface area contributed by atoms with E-state index in [1.165, 1.54) is 26.2 Å². The molecule has 29 heavy (non-hydrogen) atoms. The van der Waals surface area contributed by atoms with Crippen molar-refractivity contribution in [2.75, 3.05) is 31.3 Å². The lowest BCUT2D eigenvalue weighted by molar-refractivity contribution is -0.116. The van der Waals surface area contributed by atoms with Crippen molar-refractivity contribution in [1.82, 2.24) is 4.31 Å². The zero-order valence-corrected chi connectivity index (χ0v) is 17.3. The van der Waals surface area contributed by atoms with Crippen molar-refractivity contribution in [2.24, 2.45) is 0 Å². The fourth-order valence-corrected chi connectivity index (χ4v) is 4.04. The maximum atomic E-state index is 12.7. The van der Waals surface area contributed by atoms with Crippen LogP contribution in [-0.2, 0) is 21.2 Å². The van der Waals surface area contributed by atoms with Crippen molar-refractivity contribution in [3.8, 4) is 5.75 Å². The quantitative estimate of drug-likeness (QED) is 0.751. The molecule has 2 aromatic rings. The molecular formula is C20H23N3O5S. The van der Waals surface area contributed by atoms with Crippen molar-refractivity contribution in [3.63, 3.8) is 0 Å². The molecule has 0 saturated heterocycles. The number of ether oxygens (including phenoxy) is 1. The van der Waals surface area contributed by atoms with Crippen molar-refractivity contribution in [2.45, 2.75) is 24.7 Å². The number of amides is 2. The van der Waals surface area contributed by atoms with Gasteiger partial charge >= 0.3 is 0 Å². The summed E-state index contributed by atoms with van der Waals surface area (Å²) in [5.41, 5.74) is 2.36. The van der Waals surface area contributed by atoms with Crippen molar-refractivity contribution in [3.05, 3.63) is 47.5 Å². The second kappa shape index (κ2) is 8.22. The van der Waals surface area contributed by atoms with Gasteiger partial charge in [-0.25, -0.2) is 12.7 Å². The van der Waals surface area contributed by atoms with E-state index in [4.69, 9.17) is 4.74 Å². The molecule has 2 N–H and O–H groups in total. The summed E-state index contributed by atoms with van der Waals surface area (Å²) >= 11 is 0. The Bertz CT molecular complexity index is 1060. The van der Waals surface area contributed by atoms with Crippen LogP contribution in [0.2, 0.25) is 0 Å². The molecule has 9 heteroatoms. The van der Waals surface area contributed by atoms with Crippen LogP contribution in [0.1, 0.15) is 29.3 Å². The fraction of sp³-hybridized carbons (Fsp3) is 0.300. The number of carbonyl (C=O) groups excluding carboxylic acids is 2. The van der Waals surface area contributed by atoms with Gasteiger partial charge in [0, 0.05) is 37.5 Å². The van der Waals surface area contributed by atoms with Crippen LogP contribution in [-0.4, -0.2) is 45.2 Å². The van der Waals surface area contributed by atoms with Crippen LogP contribution < -0.4 is 15.4 Å². The third-order valence-corrected chi connectivity index (χ3v) is 6.36. The molecule has 0 saturated carbocycles. The van der Waals surface area contributed by atoms with E-state index in [-0.39, 0.29) is 22.5 Å². The first-order valence-electron chi connectivity index (χ1n) is 9.16. The molecule has 154 valence electrons. The summed E-state index contributed by atoms with van der Waals surface area (Å²) < 4.78 is 31.8. The molecule has 0 unspecified atom stereocenters. The van der Waals surface area contributed by atoms with Gasteiger partial charge in [0.15, 0.2) is 0 Å². The monoisotopic (exact) mass is 417 g/mol. The first kappa shape index (κ1) is 20.8. The minimum absolute atomic E-state index is 0.0182. The van der Waals surface area contributed by atoms with Crippen molar-refractivity contribution >= 4 is 33.2 Å². The molecule has 1 heterocycles. The highest BCUT2D eigenvalue weighted by atomic mass is 32.2. The second-order valence-corrected chi connectivity index (χ2v) is 8.88. The number of anilines is 2. The highest BCUT2D eigenvalue weighted by molar-refractivity contribution is 7.89. The standard InChI is InChI=1S/C20H23N3O5S/c1-4-28-17-9-7-15(12-18(17)29(26,27)23(2)3)21-20(25)14-5-8-16-13(11-14)6-10-19(24)22-16/h5,7-9,11-12H,4,6,10H2,1-3H3,(H,21,25)(H,22,24). The van der Waals surface area contributed by atoms with Gasteiger partial charge in [0.1, 0.15) is 10.6 Å². The predicted molar refractivity (Wildman–Crippen MR) is 110 cm³/mol. The van der Waals surface area contributed by atoms with Gasteiger partial charge in [0.2, 0.25) is 15.9 Å². The lowest BCUT2D eigenvalue weighted by atomic mass is 10.00. The van der Waals surface area contributed by atoms with Gasteiger partial charge in [-0.1, -0.05) is 0 Å². The summed E-state index contributed by atoms with van der Waals surface area (Å²) in [7, 11) is -0.888. The zero-order chi connectivity index (χ0) is 21.2. The molecule has 2 aromatic carbocycles. The van der Waals surface area contributed by atoms with Crippen LogP contribution in [0.5, 0.6) is 5.75 Å². The summed E-state index contributed by atoms with van der Waals surface area (Å²) in [6, 6.07) is 9.55. The number of rotatable bonds is 6. The molecule has 0 fully saturated rings. The van der Waals surface area contributed by atoms with E-state index in [2.05, 4.69) is 10.6 Å². The number of carbonyl (C=O) groups is 2. The van der Waals surface area contributed by atoms with E-state index < -0.39 is 10.0 Å². The SMILES string of the molecule is CCOc1ccc(NC(=O)c2ccc3c(c2)CCC(=O)N3)cc1S(=O)(=O)N(C)C. The van der Waals surface area contributed by atoms with Gasteiger partial charge in [-0.3, -0.25) is 9.59 Å². The number of nitrogens with one attached hydrogen (secondary N) is 2. The van der Waals surface area contributed by atoms with Gasteiger partial charge in [-0.15, -0.1) is 0 Å². The van der Waals surface area contributed by atoms with Gasteiger partial charge in [-0.05, 0) is 55.3 Å². The Morgan fingerprint density at radius 2 is 1.93 bits per heavy atom. The molecular weight excluding hydrogens is 394 g/mol. The maximum Gasteiger partial charge on any atom is 0.255 e. The third kappa shape index (κ3) is 4.41. The summed E-state index contributed by atoms with van der Waals surface area (Å²) in [5, 5.41) is 5.50. The van der Waals surface area contributed by atoms with Crippen molar-refractivity contribution in [1.29, 1.82) is 0 Å². The molecule has 0 aliphatic carbocycles. The summed E-state index contributed by atoms with van der Waals surface area (Å²) in [5.74, 6) is -0.190. The molecule has 1 aliphatic rings. The smallest absolute Gasteiger partial charge is 0.255 e. The molecule has 0 atom stereocenters. The second-order valence-electron chi connectivity index (χ2n) is 6.76. The maximum absolute atomic E-state index is 12.7. The molecule has 0 spiro atoms. The first-order chi connectivity index (χ1) is 13.7. The predicted octanol–water partition coefficient (Wildman–Crippen LogP) is 2.47. The van der Waals surface area contributed by atoms with E-state index >= 15 is 0 Å². The molecule has 8 nitrogen and oxygen atoms in total. The van der Waals surface area contributed by atoms with Gasteiger partial charge in [0.05, 0.1) is 6.61 Å².